The van der Waals surface area contributed by atoms with E-state index in [9.17, 15) is 4.79 Å². The van der Waals surface area contributed by atoms with Gasteiger partial charge < -0.3 is 18.9 Å². The third kappa shape index (κ3) is 2.99. The highest BCUT2D eigenvalue weighted by molar-refractivity contribution is 5.95. The van der Waals surface area contributed by atoms with Crippen molar-refractivity contribution in [1.29, 1.82) is 0 Å². The molecule has 1 atom stereocenters. The van der Waals surface area contributed by atoms with E-state index in [-0.39, 0.29) is 12.0 Å². The third-order valence-electron chi connectivity index (χ3n) is 4.30. The molecule has 1 aliphatic heterocycles. The lowest BCUT2D eigenvalue weighted by Gasteiger charge is -2.32. The summed E-state index contributed by atoms with van der Waals surface area (Å²) in [5.74, 6) is 1.56. The largest absolute Gasteiger partial charge is 0.496 e. The van der Waals surface area contributed by atoms with Crippen LogP contribution in [0.4, 0.5) is 0 Å². The number of nitrogens with zero attached hydrogens (tertiary/aromatic N) is 4. The van der Waals surface area contributed by atoms with Crippen molar-refractivity contribution in [3.05, 3.63) is 41.0 Å². The normalized spacial score (nSPS) is 17.8. The molecule has 0 unspecified atom stereocenters. The van der Waals surface area contributed by atoms with E-state index in [4.69, 9.17) is 9.47 Å². The van der Waals surface area contributed by atoms with E-state index in [1.807, 2.05) is 42.5 Å². The lowest BCUT2D eigenvalue weighted by molar-refractivity contribution is -0.0281. The van der Waals surface area contributed by atoms with Gasteiger partial charge in [-0.2, -0.15) is 0 Å². The number of ether oxygens (including phenoxy) is 2. The van der Waals surface area contributed by atoms with Crippen molar-refractivity contribution < 1.29 is 14.3 Å². The molecule has 0 bridgehead atoms. The van der Waals surface area contributed by atoms with E-state index >= 15 is 0 Å². The van der Waals surface area contributed by atoms with Gasteiger partial charge in [0.25, 0.3) is 5.91 Å². The van der Waals surface area contributed by atoms with Gasteiger partial charge in [0, 0.05) is 19.2 Å². The number of aryl methyl sites for hydroxylation is 3. The summed E-state index contributed by atoms with van der Waals surface area (Å²) in [5, 5.41) is 7.97. The first-order valence-electron chi connectivity index (χ1n) is 7.91. The Hall–Kier alpha value is -2.41. The molecular weight excluding hydrogens is 308 g/mol. The number of methoxy groups -OCH3 is 1. The highest BCUT2D eigenvalue weighted by Crippen LogP contribution is 2.26. The Morgan fingerprint density at radius 1 is 1.33 bits per heavy atom. The second-order valence-electron chi connectivity index (χ2n) is 6.05. The zero-order valence-electron chi connectivity index (χ0n) is 14.4. The van der Waals surface area contributed by atoms with Crippen LogP contribution in [0, 0.1) is 13.8 Å². The summed E-state index contributed by atoms with van der Waals surface area (Å²) in [4.78, 5) is 14.7. The summed E-state index contributed by atoms with van der Waals surface area (Å²) in [6, 6.07) is 3.75. The van der Waals surface area contributed by atoms with Gasteiger partial charge in [-0.3, -0.25) is 4.79 Å². The van der Waals surface area contributed by atoms with E-state index in [0.717, 1.165) is 22.7 Å². The average molecular weight is 330 g/mol. The first-order chi connectivity index (χ1) is 11.5. The van der Waals surface area contributed by atoms with Gasteiger partial charge in [0.2, 0.25) is 0 Å². The maximum absolute atomic E-state index is 12.9. The number of rotatable bonds is 3. The summed E-state index contributed by atoms with van der Waals surface area (Å²) < 4.78 is 13.0. The van der Waals surface area contributed by atoms with Crippen LogP contribution >= 0.6 is 0 Å². The van der Waals surface area contributed by atoms with E-state index in [1.54, 1.807) is 13.4 Å². The minimum absolute atomic E-state index is 0.000628. The number of hydrogen-bond donors (Lipinski definition) is 0. The molecule has 1 fully saturated rings. The number of hydrogen-bond acceptors (Lipinski definition) is 5. The quantitative estimate of drug-likeness (QED) is 0.856. The number of carbonyl (C=O) groups is 1. The molecular formula is C17H22N4O3. The fourth-order valence-electron chi connectivity index (χ4n) is 3.15. The van der Waals surface area contributed by atoms with Crippen LogP contribution in [0.3, 0.4) is 0 Å². The second-order valence-corrected chi connectivity index (χ2v) is 6.05. The molecule has 0 aliphatic carbocycles. The molecule has 7 heteroatoms. The maximum atomic E-state index is 12.9. The summed E-state index contributed by atoms with van der Waals surface area (Å²) in [6.07, 6.45) is 1.38. The standard InChI is InChI=1S/C17H22N4O3/c1-11-7-13(8-12(2)15(11)23-4)17(22)21-5-6-24-14(9-21)16-19-18-10-20(16)3/h7-8,10,14H,5-6,9H2,1-4H3/t14-/m1/s1. The monoisotopic (exact) mass is 330 g/mol. The number of benzene rings is 1. The molecule has 7 nitrogen and oxygen atoms in total. The zero-order chi connectivity index (χ0) is 17.3. The molecule has 24 heavy (non-hydrogen) atoms. The summed E-state index contributed by atoms with van der Waals surface area (Å²) in [5.41, 5.74) is 2.59. The highest BCUT2D eigenvalue weighted by atomic mass is 16.5. The van der Waals surface area contributed by atoms with Gasteiger partial charge in [-0.1, -0.05) is 0 Å². The smallest absolute Gasteiger partial charge is 0.254 e. The highest BCUT2D eigenvalue weighted by Gasteiger charge is 2.29. The predicted molar refractivity (Wildman–Crippen MR) is 88.1 cm³/mol. The molecule has 0 spiro atoms. The Balaban J connectivity index is 1.81. The average Bonchev–Trinajstić information content (AvgIpc) is 3.00. The van der Waals surface area contributed by atoms with Gasteiger partial charge in [-0.05, 0) is 37.1 Å². The summed E-state index contributed by atoms with van der Waals surface area (Å²) in [6.45, 7) is 5.42. The number of carbonyl (C=O) groups excluding carboxylic acids is 1. The molecule has 0 saturated carbocycles. The Kier molecular flexibility index (Phi) is 4.53. The van der Waals surface area contributed by atoms with Crippen molar-refractivity contribution in [2.24, 2.45) is 7.05 Å². The van der Waals surface area contributed by atoms with E-state index in [1.165, 1.54) is 0 Å². The predicted octanol–water partition coefficient (Wildman–Crippen LogP) is 1.65. The van der Waals surface area contributed by atoms with Gasteiger partial charge in [0.05, 0.1) is 20.3 Å². The molecule has 3 rings (SSSR count). The topological polar surface area (TPSA) is 69.5 Å². The van der Waals surface area contributed by atoms with Crippen LogP contribution in [0.15, 0.2) is 18.5 Å². The van der Waals surface area contributed by atoms with Gasteiger partial charge in [-0.25, -0.2) is 0 Å². The fraction of sp³-hybridized carbons (Fsp3) is 0.471. The van der Waals surface area contributed by atoms with E-state index < -0.39 is 0 Å². The van der Waals surface area contributed by atoms with Gasteiger partial charge in [0.1, 0.15) is 18.2 Å². The molecule has 2 heterocycles. The summed E-state index contributed by atoms with van der Waals surface area (Å²) in [7, 11) is 3.51. The van der Waals surface area contributed by atoms with Crippen molar-refractivity contribution in [1.82, 2.24) is 19.7 Å². The Morgan fingerprint density at radius 3 is 2.62 bits per heavy atom. The van der Waals surface area contributed by atoms with Gasteiger partial charge in [0.15, 0.2) is 5.82 Å². The van der Waals surface area contributed by atoms with Crippen molar-refractivity contribution >= 4 is 5.91 Å². The molecule has 1 saturated heterocycles. The molecule has 1 aromatic heterocycles. The van der Waals surface area contributed by atoms with Crippen LogP contribution < -0.4 is 4.74 Å². The Bertz CT molecular complexity index is 733. The lowest BCUT2D eigenvalue weighted by Crippen LogP contribution is -2.42. The maximum Gasteiger partial charge on any atom is 0.254 e. The van der Waals surface area contributed by atoms with Crippen LogP contribution in [0.25, 0.3) is 0 Å². The van der Waals surface area contributed by atoms with Crippen LogP contribution in [-0.4, -0.2) is 52.4 Å². The molecule has 1 amide bonds. The minimum atomic E-state index is -0.254. The van der Waals surface area contributed by atoms with Crippen LogP contribution in [0.2, 0.25) is 0 Å². The second kappa shape index (κ2) is 6.60. The SMILES string of the molecule is COc1c(C)cc(C(=O)N2CCO[C@@H](c3nncn3C)C2)cc1C. The van der Waals surface area contributed by atoms with Gasteiger partial charge in [-0.15, -0.1) is 10.2 Å². The molecule has 1 aliphatic rings. The van der Waals surface area contributed by atoms with Crippen molar-refractivity contribution in [2.75, 3.05) is 26.8 Å². The Labute approximate surface area is 141 Å². The number of morpholine rings is 1. The zero-order valence-corrected chi connectivity index (χ0v) is 14.4. The molecule has 0 radical (unpaired) electrons. The molecule has 128 valence electrons. The molecule has 0 N–H and O–H groups in total. The third-order valence-corrected chi connectivity index (χ3v) is 4.30. The fourth-order valence-corrected chi connectivity index (χ4v) is 3.15. The van der Waals surface area contributed by atoms with Crippen LogP contribution in [0.5, 0.6) is 5.75 Å². The van der Waals surface area contributed by atoms with Gasteiger partial charge >= 0.3 is 0 Å². The first-order valence-corrected chi connectivity index (χ1v) is 7.91. The van der Waals surface area contributed by atoms with Crippen molar-refractivity contribution in [3.63, 3.8) is 0 Å². The van der Waals surface area contributed by atoms with Crippen molar-refractivity contribution in [2.45, 2.75) is 20.0 Å². The summed E-state index contributed by atoms with van der Waals surface area (Å²) >= 11 is 0. The number of amides is 1. The minimum Gasteiger partial charge on any atom is -0.496 e. The Morgan fingerprint density at radius 2 is 2.04 bits per heavy atom. The first kappa shape index (κ1) is 16.4. The van der Waals surface area contributed by atoms with E-state index in [0.29, 0.717) is 25.3 Å². The molecule has 1 aromatic carbocycles. The van der Waals surface area contributed by atoms with Crippen molar-refractivity contribution in [3.8, 4) is 5.75 Å². The van der Waals surface area contributed by atoms with Crippen LogP contribution in [0.1, 0.15) is 33.4 Å². The van der Waals surface area contributed by atoms with Crippen LogP contribution in [-0.2, 0) is 11.8 Å². The van der Waals surface area contributed by atoms with E-state index in [2.05, 4.69) is 10.2 Å². The number of aromatic nitrogens is 3. The molecule has 2 aromatic rings. The lowest BCUT2D eigenvalue weighted by atomic mass is 10.0.